The summed E-state index contributed by atoms with van der Waals surface area (Å²) in [5.74, 6) is -1.29. The number of aromatic nitrogens is 3. The van der Waals surface area contributed by atoms with Crippen LogP contribution in [-0.2, 0) is 4.79 Å². The van der Waals surface area contributed by atoms with Crippen LogP contribution in [-0.4, -0.2) is 94.3 Å². The highest BCUT2D eigenvalue weighted by atomic mass is 19.1. The smallest absolute Gasteiger partial charge is 0.320 e. The van der Waals surface area contributed by atoms with E-state index in [0.29, 0.717) is 36.4 Å². The Labute approximate surface area is 266 Å². The number of hydrogen-bond acceptors (Lipinski definition) is 7. The van der Waals surface area contributed by atoms with Crippen molar-refractivity contribution in [3.63, 3.8) is 0 Å². The molecule has 5 heterocycles. The summed E-state index contributed by atoms with van der Waals surface area (Å²) in [4.78, 5) is 36.3. The van der Waals surface area contributed by atoms with Crippen LogP contribution in [0.2, 0.25) is 0 Å². The molecular weight excluding hydrogens is 588 g/mol. The lowest BCUT2D eigenvalue weighted by Crippen LogP contribution is -2.56. The number of ether oxygens (including phenoxy) is 1. The molecule has 3 saturated heterocycles. The van der Waals surface area contributed by atoms with E-state index in [-0.39, 0.29) is 37.8 Å². The van der Waals surface area contributed by atoms with Gasteiger partial charge in [-0.2, -0.15) is 9.97 Å². The molecule has 0 saturated carbocycles. The Hall–Kier alpha value is -4.69. The summed E-state index contributed by atoms with van der Waals surface area (Å²) in [7, 11) is 0. The van der Waals surface area contributed by atoms with Crippen molar-refractivity contribution in [2.75, 3.05) is 50.8 Å². The van der Waals surface area contributed by atoms with Crippen molar-refractivity contribution in [3.8, 4) is 17.3 Å². The average molecular weight is 624 g/mol. The average Bonchev–Trinajstić information content (AvgIpc) is 3.58. The van der Waals surface area contributed by atoms with Crippen molar-refractivity contribution in [2.45, 2.75) is 43.9 Å². The van der Waals surface area contributed by atoms with Gasteiger partial charge < -0.3 is 19.4 Å². The van der Waals surface area contributed by atoms with Gasteiger partial charge in [-0.15, -0.1) is 0 Å². The number of nitrogens with zero attached hydrogens (tertiary/aromatic N) is 7. The highest BCUT2D eigenvalue weighted by molar-refractivity contribution is 5.99. The number of carbonyl (C=O) groups is 1. The van der Waals surface area contributed by atoms with Gasteiger partial charge in [0.2, 0.25) is 6.54 Å². The van der Waals surface area contributed by atoms with E-state index in [4.69, 9.17) is 26.3 Å². The third-order valence-electron chi connectivity index (χ3n) is 9.72. The number of rotatable bonds is 7. The normalized spacial score (nSPS) is 23.1. The number of carbonyl (C=O) groups excluding carboxylic acids is 1. The second kappa shape index (κ2) is 11.9. The Kier molecular flexibility index (Phi) is 7.77. The predicted octanol–water partition coefficient (Wildman–Crippen LogP) is 5.53. The minimum Gasteiger partial charge on any atom is -0.461 e. The van der Waals surface area contributed by atoms with Crippen molar-refractivity contribution >= 4 is 33.5 Å². The van der Waals surface area contributed by atoms with E-state index >= 15 is 0 Å². The van der Waals surface area contributed by atoms with Crippen LogP contribution in [0.1, 0.15) is 24.8 Å². The van der Waals surface area contributed by atoms with Gasteiger partial charge in [-0.3, -0.25) is 9.69 Å². The van der Waals surface area contributed by atoms with E-state index in [9.17, 15) is 13.6 Å². The molecule has 2 aromatic heterocycles. The van der Waals surface area contributed by atoms with Crippen molar-refractivity contribution in [3.05, 3.63) is 77.9 Å². The molecule has 0 aliphatic carbocycles. The van der Waals surface area contributed by atoms with E-state index in [1.54, 1.807) is 0 Å². The minimum absolute atomic E-state index is 0.00742. The molecule has 3 aliphatic rings. The molecule has 0 bridgehead atoms. The predicted molar refractivity (Wildman–Crippen MR) is 173 cm³/mol. The number of halogens is 2. The van der Waals surface area contributed by atoms with Gasteiger partial charge in [0.25, 0.3) is 5.91 Å². The van der Waals surface area contributed by atoms with Crippen molar-refractivity contribution < 1.29 is 18.3 Å². The lowest BCUT2D eigenvalue weighted by atomic mass is 9.95. The zero-order chi connectivity index (χ0) is 32.0. The fourth-order valence-electron chi connectivity index (χ4n) is 7.55. The lowest BCUT2D eigenvalue weighted by Gasteiger charge is -2.39. The molecular formula is C35H35F2N7O2. The van der Waals surface area contributed by atoms with Gasteiger partial charge in [0.15, 0.2) is 11.5 Å². The third kappa shape index (κ3) is 5.30. The molecule has 3 fully saturated rings. The number of alkyl halides is 1. The molecule has 9 nitrogen and oxygen atoms in total. The first kappa shape index (κ1) is 30.0. The quantitative estimate of drug-likeness (QED) is 0.198. The second-order valence-corrected chi connectivity index (χ2v) is 12.6. The number of pyridine rings is 1. The first-order valence-electron chi connectivity index (χ1n) is 15.7. The van der Waals surface area contributed by atoms with Crippen LogP contribution in [0, 0.1) is 13.5 Å². The molecule has 46 heavy (non-hydrogen) atoms. The topological polar surface area (TPSA) is 79.1 Å². The third-order valence-corrected chi connectivity index (χ3v) is 9.72. The number of hydrogen-bond donors (Lipinski definition) is 0. The van der Waals surface area contributed by atoms with Gasteiger partial charge >= 0.3 is 6.01 Å². The summed E-state index contributed by atoms with van der Waals surface area (Å²) in [6, 6.07) is 15.8. The number of fused-ring (bicyclic) bond motifs is 3. The van der Waals surface area contributed by atoms with Crippen molar-refractivity contribution in [2.24, 2.45) is 0 Å². The van der Waals surface area contributed by atoms with Crippen LogP contribution in [0.4, 0.5) is 14.6 Å². The monoisotopic (exact) mass is 623 g/mol. The van der Waals surface area contributed by atoms with Gasteiger partial charge in [-0.1, -0.05) is 43.0 Å². The maximum Gasteiger partial charge on any atom is 0.320 e. The van der Waals surface area contributed by atoms with E-state index in [2.05, 4.69) is 41.4 Å². The van der Waals surface area contributed by atoms with Crippen molar-refractivity contribution in [1.29, 1.82) is 0 Å². The molecule has 7 rings (SSSR count). The van der Waals surface area contributed by atoms with Crippen LogP contribution in [0.15, 0.2) is 60.9 Å². The van der Waals surface area contributed by atoms with Gasteiger partial charge in [0, 0.05) is 38.2 Å². The SMILES string of the molecule is [C-]#[N+]C[C@H]1CN(c2nc(OC[C@@]34CCCN3C[C@H](F)C4)nc3nc(-c4cccc5cccc(C)c45)ccc23)CCN1C(=O)C(=C)F. The maximum absolute atomic E-state index is 14.5. The minimum atomic E-state index is -1.05. The molecule has 1 amide bonds. The number of aryl methyl sites for hydroxylation is 1. The van der Waals surface area contributed by atoms with Crippen LogP contribution >= 0.6 is 0 Å². The Balaban J connectivity index is 1.29. The van der Waals surface area contributed by atoms with E-state index in [0.717, 1.165) is 47.0 Å². The summed E-state index contributed by atoms with van der Waals surface area (Å²) < 4.78 is 34.7. The molecule has 3 aliphatic heterocycles. The standard InChI is InChI=1S/C35H35F2N7O2/c1-22-7-4-8-24-9-5-10-27(30(22)24)29-12-11-28-31(39-29)40-34(46-21-35-13-6-14-43(35)19-25(37)17-35)41-32(28)42-15-16-44(33(45)23(2)36)26(20-42)18-38-3/h4-5,7-12,25-26H,2,6,13-21H2,1H3/t25-,26+,35+/m1/s1. The zero-order valence-corrected chi connectivity index (χ0v) is 25.8. The highest BCUT2D eigenvalue weighted by Gasteiger charge is 2.49. The van der Waals surface area contributed by atoms with Gasteiger partial charge in [-0.05, 0) is 54.8 Å². The fraction of sp³-hybridized carbons (Fsp3) is 0.400. The highest BCUT2D eigenvalue weighted by Crippen LogP contribution is 2.41. The Morgan fingerprint density at radius 1 is 1.11 bits per heavy atom. The number of benzene rings is 2. The number of anilines is 1. The molecule has 4 aromatic rings. The Morgan fingerprint density at radius 2 is 1.93 bits per heavy atom. The molecule has 0 radical (unpaired) electrons. The Bertz CT molecular complexity index is 1890. The van der Waals surface area contributed by atoms with E-state index in [1.807, 2.05) is 35.2 Å². The Morgan fingerprint density at radius 3 is 2.74 bits per heavy atom. The number of amides is 1. The maximum atomic E-state index is 14.5. The zero-order valence-electron chi connectivity index (χ0n) is 25.8. The summed E-state index contributed by atoms with van der Waals surface area (Å²) >= 11 is 0. The van der Waals surface area contributed by atoms with Gasteiger partial charge in [0.05, 0.1) is 16.6 Å². The largest absolute Gasteiger partial charge is 0.461 e. The second-order valence-electron chi connectivity index (χ2n) is 12.6. The molecule has 11 heteroatoms. The van der Waals surface area contributed by atoms with Gasteiger partial charge in [0.1, 0.15) is 24.6 Å². The van der Waals surface area contributed by atoms with Crippen LogP contribution in [0.25, 0.3) is 37.9 Å². The van der Waals surface area contributed by atoms with Crippen molar-refractivity contribution in [1.82, 2.24) is 24.8 Å². The fourth-order valence-corrected chi connectivity index (χ4v) is 7.55. The van der Waals surface area contributed by atoms with Crippen LogP contribution in [0.3, 0.4) is 0 Å². The first-order chi connectivity index (χ1) is 22.3. The summed E-state index contributed by atoms with van der Waals surface area (Å²) in [6.07, 6.45) is 1.38. The molecule has 236 valence electrons. The lowest BCUT2D eigenvalue weighted by molar-refractivity contribution is -0.131. The van der Waals surface area contributed by atoms with Gasteiger partial charge in [-0.25, -0.2) is 20.3 Å². The molecule has 0 unspecified atom stereocenters. The van der Waals surface area contributed by atoms with Crippen LogP contribution < -0.4 is 9.64 Å². The molecule has 0 spiro atoms. The van der Waals surface area contributed by atoms with E-state index in [1.165, 1.54) is 4.90 Å². The number of piperazine rings is 1. The molecule has 0 N–H and O–H groups in total. The first-order valence-corrected chi connectivity index (χ1v) is 15.7. The molecule has 2 aromatic carbocycles. The van der Waals surface area contributed by atoms with E-state index < -0.39 is 23.9 Å². The summed E-state index contributed by atoms with van der Waals surface area (Å²) in [5.41, 5.74) is 2.93. The molecule has 3 atom stereocenters. The summed E-state index contributed by atoms with van der Waals surface area (Å²) in [6.45, 7) is 15.1. The summed E-state index contributed by atoms with van der Waals surface area (Å²) in [5, 5.41) is 2.92. The van der Waals surface area contributed by atoms with Crippen LogP contribution in [0.5, 0.6) is 6.01 Å².